The molecule has 2 saturated heterocycles. The van der Waals surface area contributed by atoms with Crippen molar-refractivity contribution in [3.8, 4) is 0 Å². The van der Waals surface area contributed by atoms with Crippen LogP contribution in [-0.2, 0) is 25.5 Å². The fourth-order valence-electron chi connectivity index (χ4n) is 7.12. The van der Waals surface area contributed by atoms with Gasteiger partial charge in [-0.2, -0.15) is 0 Å². The molecule has 4 heterocycles. The molecule has 4 aliphatic rings. The average molecular weight is 536 g/mol. The number of carbonyl (C=O) groups is 3. The van der Waals surface area contributed by atoms with Crippen molar-refractivity contribution >= 4 is 17.7 Å². The number of fused-ring (bicyclic) bond motifs is 2. The number of amides is 3. The summed E-state index contributed by atoms with van der Waals surface area (Å²) in [6.07, 6.45) is 10.0. The SMILES string of the molecule is CCCC(C)N1CC=C[C@]23O[C@H]4C=CCN(CCC)C(=O)[C@H]4[C@H]2C(=O)N([C@@H](CO)Cc2ccccc2)C3C1=O. The molecule has 39 heavy (non-hydrogen) atoms. The van der Waals surface area contributed by atoms with Gasteiger partial charge in [-0.1, -0.05) is 74.9 Å². The first kappa shape index (κ1) is 27.6. The predicted octanol–water partition coefficient (Wildman–Crippen LogP) is 2.57. The van der Waals surface area contributed by atoms with Crippen LogP contribution in [0.4, 0.5) is 0 Å². The number of hydrogen-bond donors (Lipinski definition) is 1. The minimum absolute atomic E-state index is 0.0199. The highest BCUT2D eigenvalue weighted by molar-refractivity contribution is 6.00. The molecule has 0 saturated carbocycles. The molecule has 2 unspecified atom stereocenters. The van der Waals surface area contributed by atoms with Crippen molar-refractivity contribution in [1.82, 2.24) is 14.7 Å². The normalized spacial score (nSPS) is 31.6. The molecule has 0 aliphatic carbocycles. The zero-order valence-electron chi connectivity index (χ0n) is 23.2. The summed E-state index contributed by atoms with van der Waals surface area (Å²) in [7, 11) is 0. The van der Waals surface area contributed by atoms with Gasteiger partial charge in [-0.15, -0.1) is 0 Å². The highest BCUT2D eigenvalue weighted by Crippen LogP contribution is 2.54. The Morgan fingerprint density at radius 2 is 1.79 bits per heavy atom. The molecule has 1 aromatic carbocycles. The summed E-state index contributed by atoms with van der Waals surface area (Å²) in [6, 6.07) is 8.08. The number of carbonyl (C=O) groups excluding carboxylic acids is 3. The van der Waals surface area contributed by atoms with Gasteiger partial charge < -0.3 is 24.5 Å². The van der Waals surface area contributed by atoms with Gasteiger partial charge in [0.2, 0.25) is 17.7 Å². The average Bonchev–Trinajstić information content (AvgIpc) is 3.25. The van der Waals surface area contributed by atoms with Gasteiger partial charge in [-0.3, -0.25) is 14.4 Å². The van der Waals surface area contributed by atoms with Crippen LogP contribution in [0, 0.1) is 11.8 Å². The number of aliphatic hydroxyl groups is 1. The molecule has 1 aromatic rings. The van der Waals surface area contributed by atoms with Crippen LogP contribution in [0.3, 0.4) is 0 Å². The van der Waals surface area contributed by atoms with E-state index in [1.54, 1.807) is 9.80 Å². The molecule has 0 aromatic heterocycles. The Bertz CT molecular complexity index is 1140. The van der Waals surface area contributed by atoms with Crippen LogP contribution in [0.1, 0.15) is 45.6 Å². The van der Waals surface area contributed by atoms with Crippen LogP contribution in [0.25, 0.3) is 0 Å². The van der Waals surface area contributed by atoms with E-state index in [1.807, 2.05) is 73.4 Å². The highest BCUT2D eigenvalue weighted by atomic mass is 16.5. The second-order valence-electron chi connectivity index (χ2n) is 11.4. The third-order valence-corrected chi connectivity index (χ3v) is 8.86. The van der Waals surface area contributed by atoms with E-state index in [9.17, 15) is 19.5 Å². The molecule has 4 aliphatic heterocycles. The minimum Gasteiger partial charge on any atom is -0.394 e. The Morgan fingerprint density at radius 1 is 1.03 bits per heavy atom. The summed E-state index contributed by atoms with van der Waals surface area (Å²) in [6.45, 7) is 7.34. The molecule has 5 rings (SSSR count). The third-order valence-electron chi connectivity index (χ3n) is 8.86. The second-order valence-corrected chi connectivity index (χ2v) is 11.4. The summed E-state index contributed by atoms with van der Waals surface area (Å²) in [5, 5.41) is 10.6. The van der Waals surface area contributed by atoms with Crippen LogP contribution >= 0.6 is 0 Å². The Balaban J connectivity index is 1.61. The number of nitrogens with zero attached hydrogens (tertiary/aromatic N) is 3. The maximum absolute atomic E-state index is 14.5. The monoisotopic (exact) mass is 535 g/mol. The Kier molecular flexibility index (Phi) is 7.96. The number of benzene rings is 1. The highest BCUT2D eigenvalue weighted by Gasteiger charge is 2.72. The van der Waals surface area contributed by atoms with Crippen LogP contribution in [0.2, 0.25) is 0 Å². The molecule has 3 amide bonds. The first-order valence-corrected chi connectivity index (χ1v) is 14.5. The molecule has 1 N–H and O–H groups in total. The molecule has 0 radical (unpaired) electrons. The summed E-state index contributed by atoms with van der Waals surface area (Å²) < 4.78 is 6.73. The topological polar surface area (TPSA) is 90.4 Å². The van der Waals surface area contributed by atoms with Crippen molar-refractivity contribution in [2.75, 3.05) is 26.2 Å². The zero-order chi connectivity index (χ0) is 27.7. The van der Waals surface area contributed by atoms with Gasteiger partial charge in [-0.05, 0) is 31.7 Å². The smallest absolute Gasteiger partial charge is 0.249 e. The van der Waals surface area contributed by atoms with Gasteiger partial charge in [-0.25, -0.2) is 0 Å². The lowest BCUT2D eigenvalue weighted by Crippen LogP contribution is -2.59. The number of ether oxygens (including phenoxy) is 1. The van der Waals surface area contributed by atoms with E-state index in [1.165, 1.54) is 0 Å². The number of hydrogen-bond acceptors (Lipinski definition) is 5. The van der Waals surface area contributed by atoms with E-state index < -0.39 is 35.6 Å². The van der Waals surface area contributed by atoms with Crippen molar-refractivity contribution in [2.45, 2.75) is 76.3 Å². The molecule has 8 nitrogen and oxygen atoms in total. The fourth-order valence-corrected chi connectivity index (χ4v) is 7.12. The molecule has 8 heteroatoms. The first-order valence-electron chi connectivity index (χ1n) is 14.5. The first-order chi connectivity index (χ1) is 18.9. The van der Waals surface area contributed by atoms with Crippen LogP contribution in [-0.4, -0.2) is 93.6 Å². The van der Waals surface area contributed by atoms with E-state index >= 15 is 0 Å². The number of aliphatic hydroxyl groups excluding tert-OH is 1. The van der Waals surface area contributed by atoms with E-state index in [4.69, 9.17) is 4.74 Å². The number of likely N-dealkylation sites (tertiary alicyclic amines) is 1. The molecule has 7 atom stereocenters. The van der Waals surface area contributed by atoms with Gasteiger partial charge in [0.15, 0.2) is 0 Å². The lowest BCUT2D eigenvalue weighted by Gasteiger charge is -2.40. The molecule has 0 bridgehead atoms. The van der Waals surface area contributed by atoms with E-state index in [2.05, 4.69) is 6.92 Å². The Labute approximate surface area is 231 Å². The van der Waals surface area contributed by atoms with Gasteiger partial charge in [0.05, 0.1) is 30.6 Å². The summed E-state index contributed by atoms with van der Waals surface area (Å²) in [5.41, 5.74) is -0.312. The van der Waals surface area contributed by atoms with E-state index in [0.29, 0.717) is 26.1 Å². The lowest BCUT2D eigenvalue weighted by molar-refractivity contribution is -0.152. The van der Waals surface area contributed by atoms with Crippen molar-refractivity contribution < 1.29 is 24.2 Å². The fraction of sp³-hybridized carbons (Fsp3) is 0.581. The summed E-state index contributed by atoms with van der Waals surface area (Å²) >= 11 is 0. The van der Waals surface area contributed by atoms with Crippen LogP contribution in [0.15, 0.2) is 54.6 Å². The predicted molar refractivity (Wildman–Crippen MR) is 147 cm³/mol. The summed E-state index contributed by atoms with van der Waals surface area (Å²) in [4.78, 5) is 48.1. The second kappa shape index (κ2) is 11.3. The quantitative estimate of drug-likeness (QED) is 0.491. The molecular weight excluding hydrogens is 494 g/mol. The lowest BCUT2D eigenvalue weighted by atomic mass is 9.77. The van der Waals surface area contributed by atoms with Crippen molar-refractivity contribution in [3.05, 3.63) is 60.2 Å². The van der Waals surface area contributed by atoms with Crippen molar-refractivity contribution in [1.29, 1.82) is 0 Å². The van der Waals surface area contributed by atoms with Crippen molar-refractivity contribution in [2.24, 2.45) is 11.8 Å². The molecule has 1 spiro atoms. The van der Waals surface area contributed by atoms with Crippen LogP contribution in [0.5, 0.6) is 0 Å². The largest absolute Gasteiger partial charge is 0.394 e. The zero-order valence-corrected chi connectivity index (χ0v) is 23.2. The molecular formula is C31H41N3O5. The Hall–Kier alpha value is -2.97. The third kappa shape index (κ3) is 4.61. The van der Waals surface area contributed by atoms with Gasteiger partial charge in [0.1, 0.15) is 11.6 Å². The summed E-state index contributed by atoms with van der Waals surface area (Å²) in [5.74, 6) is -2.13. The van der Waals surface area contributed by atoms with E-state index in [0.717, 1.165) is 24.8 Å². The minimum atomic E-state index is -1.27. The van der Waals surface area contributed by atoms with E-state index in [-0.39, 0.29) is 30.4 Å². The van der Waals surface area contributed by atoms with Gasteiger partial charge in [0.25, 0.3) is 0 Å². The molecule has 210 valence electrons. The Morgan fingerprint density at radius 3 is 2.49 bits per heavy atom. The van der Waals surface area contributed by atoms with Crippen LogP contribution < -0.4 is 0 Å². The maximum atomic E-state index is 14.5. The van der Waals surface area contributed by atoms with Crippen molar-refractivity contribution in [3.63, 3.8) is 0 Å². The maximum Gasteiger partial charge on any atom is 0.249 e. The number of rotatable bonds is 9. The van der Waals surface area contributed by atoms with Gasteiger partial charge in [0, 0.05) is 25.7 Å². The molecule has 2 fully saturated rings. The standard InChI is InChI=1S/C31H41N3O5/c1-4-11-21(3)33-18-10-15-31-26(25-24(39-31)14-9-17-32(16-5-2)28(25)36)29(37)34(27(31)30(33)38)23(20-35)19-22-12-7-6-8-13-22/h6-10,12-15,21,23-27,35H,4-5,11,16-20H2,1-3H3/t21?,23-,24+,25-,26+,27?,31+/m1/s1. The van der Waals surface area contributed by atoms with Gasteiger partial charge >= 0.3 is 0 Å².